The van der Waals surface area contributed by atoms with E-state index in [0.29, 0.717) is 13.2 Å². The van der Waals surface area contributed by atoms with Crippen molar-refractivity contribution < 1.29 is 24.2 Å². The number of hydrogen-bond acceptors (Lipinski definition) is 5. The molecule has 7 heteroatoms. The Morgan fingerprint density at radius 3 is 2.93 bits per heavy atom. The van der Waals surface area contributed by atoms with Gasteiger partial charge >= 0.3 is 11.9 Å². The van der Waals surface area contributed by atoms with Crippen LogP contribution in [0.5, 0.6) is 6.01 Å². The molecule has 0 aromatic carbocycles. The standard InChI is InChI=1S/C8H8N2O5/c1-14-7(13)4-5(6(11)12)10-2-3-15-8(10)9-4/h2-3H2,1H3,(H,11,12). The van der Waals surface area contributed by atoms with Crippen LogP contribution in [0.15, 0.2) is 0 Å². The molecule has 0 unspecified atom stereocenters. The van der Waals surface area contributed by atoms with Crippen molar-refractivity contribution in [3.8, 4) is 6.01 Å². The number of esters is 1. The molecule has 1 aliphatic rings. The van der Waals surface area contributed by atoms with Gasteiger partial charge in [-0.05, 0) is 0 Å². The van der Waals surface area contributed by atoms with E-state index < -0.39 is 11.9 Å². The Bertz CT molecular complexity index is 436. The van der Waals surface area contributed by atoms with Gasteiger partial charge in [0.1, 0.15) is 6.61 Å². The molecular weight excluding hydrogens is 204 g/mol. The highest BCUT2D eigenvalue weighted by Gasteiger charge is 2.30. The van der Waals surface area contributed by atoms with Gasteiger partial charge in [0.25, 0.3) is 6.01 Å². The topological polar surface area (TPSA) is 90.7 Å². The van der Waals surface area contributed by atoms with Crippen molar-refractivity contribution in [1.82, 2.24) is 9.55 Å². The summed E-state index contributed by atoms with van der Waals surface area (Å²) in [5.41, 5.74) is -0.408. The molecule has 0 amide bonds. The first-order valence-corrected chi connectivity index (χ1v) is 4.20. The summed E-state index contributed by atoms with van der Waals surface area (Å²) < 4.78 is 10.8. The number of aromatic carboxylic acids is 1. The van der Waals surface area contributed by atoms with E-state index in [9.17, 15) is 9.59 Å². The summed E-state index contributed by atoms with van der Waals surface area (Å²) >= 11 is 0. The van der Waals surface area contributed by atoms with Crippen LogP contribution in [0, 0.1) is 0 Å². The van der Waals surface area contributed by atoms with Gasteiger partial charge in [-0.3, -0.25) is 4.57 Å². The van der Waals surface area contributed by atoms with E-state index in [1.165, 1.54) is 11.7 Å². The maximum absolute atomic E-state index is 11.2. The first-order valence-electron chi connectivity index (χ1n) is 4.20. The molecule has 80 valence electrons. The minimum Gasteiger partial charge on any atom is -0.476 e. The molecule has 0 spiro atoms. The predicted molar refractivity (Wildman–Crippen MR) is 46.0 cm³/mol. The van der Waals surface area contributed by atoms with E-state index in [2.05, 4.69) is 9.72 Å². The van der Waals surface area contributed by atoms with E-state index >= 15 is 0 Å². The van der Waals surface area contributed by atoms with Gasteiger partial charge in [-0.15, -0.1) is 0 Å². The van der Waals surface area contributed by atoms with Gasteiger partial charge in [0.15, 0.2) is 11.4 Å². The molecular formula is C8H8N2O5. The molecule has 0 radical (unpaired) electrons. The van der Waals surface area contributed by atoms with Gasteiger partial charge < -0.3 is 14.6 Å². The molecule has 0 aliphatic carbocycles. The number of carboxylic acid groups (broad SMARTS) is 1. The number of aromatic nitrogens is 2. The third kappa shape index (κ3) is 1.32. The van der Waals surface area contributed by atoms with Crippen LogP contribution in [-0.4, -0.2) is 40.3 Å². The second-order valence-corrected chi connectivity index (χ2v) is 2.89. The molecule has 0 fully saturated rings. The molecule has 0 atom stereocenters. The Kier molecular flexibility index (Phi) is 2.07. The number of imidazole rings is 1. The van der Waals surface area contributed by atoms with Gasteiger partial charge in [0, 0.05) is 0 Å². The summed E-state index contributed by atoms with van der Waals surface area (Å²) in [4.78, 5) is 25.9. The fourth-order valence-electron chi connectivity index (χ4n) is 1.43. The molecule has 0 saturated heterocycles. The zero-order chi connectivity index (χ0) is 11.0. The minimum atomic E-state index is -1.22. The Balaban J connectivity index is 2.56. The van der Waals surface area contributed by atoms with Gasteiger partial charge in [0.2, 0.25) is 0 Å². The molecule has 7 nitrogen and oxygen atoms in total. The van der Waals surface area contributed by atoms with Gasteiger partial charge in [0.05, 0.1) is 13.7 Å². The van der Waals surface area contributed by atoms with Crippen molar-refractivity contribution in [1.29, 1.82) is 0 Å². The number of fused-ring (bicyclic) bond motifs is 1. The van der Waals surface area contributed by atoms with Crippen molar-refractivity contribution in [2.45, 2.75) is 6.54 Å². The van der Waals surface area contributed by atoms with Crippen LogP contribution in [0.25, 0.3) is 0 Å². The molecule has 2 heterocycles. The summed E-state index contributed by atoms with van der Waals surface area (Å²) in [6, 6.07) is 0.146. The fraction of sp³-hybridized carbons (Fsp3) is 0.375. The van der Waals surface area contributed by atoms with Crippen molar-refractivity contribution in [3.63, 3.8) is 0 Å². The van der Waals surface area contributed by atoms with Crippen molar-refractivity contribution in [2.75, 3.05) is 13.7 Å². The molecule has 2 rings (SSSR count). The highest BCUT2D eigenvalue weighted by Crippen LogP contribution is 2.23. The van der Waals surface area contributed by atoms with Gasteiger partial charge in [-0.2, -0.15) is 4.98 Å². The molecule has 1 aromatic rings. The number of ether oxygens (including phenoxy) is 2. The van der Waals surface area contributed by atoms with Crippen LogP contribution >= 0.6 is 0 Å². The van der Waals surface area contributed by atoms with Crippen molar-refractivity contribution in [3.05, 3.63) is 11.4 Å². The van der Waals surface area contributed by atoms with E-state index in [4.69, 9.17) is 9.84 Å². The zero-order valence-electron chi connectivity index (χ0n) is 7.89. The van der Waals surface area contributed by atoms with E-state index in [1.54, 1.807) is 0 Å². The highest BCUT2D eigenvalue weighted by molar-refractivity contribution is 6.00. The van der Waals surface area contributed by atoms with Crippen LogP contribution in [0.2, 0.25) is 0 Å². The largest absolute Gasteiger partial charge is 0.476 e. The second-order valence-electron chi connectivity index (χ2n) is 2.89. The Hall–Kier alpha value is -2.05. The Morgan fingerprint density at radius 2 is 2.33 bits per heavy atom. The first kappa shape index (κ1) is 9.50. The number of carboxylic acids is 1. The lowest BCUT2D eigenvalue weighted by atomic mass is 10.3. The second kappa shape index (κ2) is 3.26. The quantitative estimate of drug-likeness (QED) is 0.680. The normalized spacial score (nSPS) is 13.1. The zero-order valence-corrected chi connectivity index (χ0v) is 7.89. The Morgan fingerprint density at radius 1 is 1.60 bits per heavy atom. The molecule has 1 N–H and O–H groups in total. The van der Waals surface area contributed by atoms with Crippen LogP contribution in [0.1, 0.15) is 21.0 Å². The van der Waals surface area contributed by atoms with Gasteiger partial charge in [-0.1, -0.05) is 0 Å². The number of carbonyl (C=O) groups is 2. The number of carbonyl (C=O) groups excluding carboxylic acids is 1. The highest BCUT2D eigenvalue weighted by atomic mass is 16.5. The minimum absolute atomic E-state index is 0.146. The third-order valence-corrected chi connectivity index (χ3v) is 2.06. The lowest BCUT2D eigenvalue weighted by Gasteiger charge is -1.99. The van der Waals surface area contributed by atoms with Crippen LogP contribution in [-0.2, 0) is 11.3 Å². The third-order valence-electron chi connectivity index (χ3n) is 2.06. The lowest BCUT2D eigenvalue weighted by molar-refractivity contribution is 0.0573. The van der Waals surface area contributed by atoms with E-state index in [0.717, 1.165) is 0 Å². The predicted octanol–water partition coefficient (Wildman–Crippen LogP) is -0.240. The smallest absolute Gasteiger partial charge is 0.359 e. The maximum Gasteiger partial charge on any atom is 0.359 e. The number of methoxy groups -OCH3 is 1. The summed E-state index contributed by atoms with van der Waals surface area (Å²) in [5, 5.41) is 8.94. The summed E-state index contributed by atoms with van der Waals surface area (Å²) in [7, 11) is 1.17. The molecule has 15 heavy (non-hydrogen) atoms. The van der Waals surface area contributed by atoms with E-state index in [1.807, 2.05) is 0 Å². The van der Waals surface area contributed by atoms with Crippen LogP contribution < -0.4 is 4.74 Å². The van der Waals surface area contributed by atoms with Gasteiger partial charge in [-0.25, -0.2) is 9.59 Å². The molecule has 1 aliphatic heterocycles. The fourth-order valence-corrected chi connectivity index (χ4v) is 1.43. The first-order chi connectivity index (χ1) is 7.15. The maximum atomic E-state index is 11.2. The van der Waals surface area contributed by atoms with Crippen LogP contribution in [0.3, 0.4) is 0 Å². The summed E-state index contributed by atoms with van der Waals surface area (Å²) in [5.74, 6) is -2.00. The molecule has 0 bridgehead atoms. The lowest BCUT2D eigenvalue weighted by Crippen LogP contribution is -2.14. The average molecular weight is 212 g/mol. The number of hydrogen-bond donors (Lipinski definition) is 1. The molecule has 0 saturated carbocycles. The molecule has 1 aromatic heterocycles. The monoisotopic (exact) mass is 212 g/mol. The Labute approximate surface area is 84.2 Å². The van der Waals surface area contributed by atoms with Crippen molar-refractivity contribution in [2.24, 2.45) is 0 Å². The SMILES string of the molecule is COC(=O)c1nc2n(c1C(=O)O)CCO2. The summed E-state index contributed by atoms with van der Waals surface area (Å²) in [6.45, 7) is 0.741. The van der Waals surface area contributed by atoms with Crippen molar-refractivity contribution >= 4 is 11.9 Å². The number of rotatable bonds is 2. The summed E-state index contributed by atoms with van der Waals surface area (Å²) in [6.07, 6.45) is 0. The van der Waals surface area contributed by atoms with Crippen LogP contribution in [0.4, 0.5) is 0 Å². The van der Waals surface area contributed by atoms with E-state index in [-0.39, 0.29) is 17.4 Å². The average Bonchev–Trinajstić information content (AvgIpc) is 2.73. The number of nitrogens with zero attached hydrogens (tertiary/aromatic N) is 2.